The van der Waals surface area contributed by atoms with Crippen molar-refractivity contribution in [1.82, 2.24) is 0 Å². The number of amides is 1. The number of rotatable bonds is 6. The van der Waals surface area contributed by atoms with Gasteiger partial charge in [0.2, 0.25) is 0 Å². The van der Waals surface area contributed by atoms with Gasteiger partial charge in [-0.25, -0.2) is 0 Å². The predicted molar refractivity (Wildman–Crippen MR) is 132 cm³/mol. The van der Waals surface area contributed by atoms with Gasteiger partial charge in [-0.1, -0.05) is 35.9 Å². The summed E-state index contributed by atoms with van der Waals surface area (Å²) >= 11 is 0. The van der Waals surface area contributed by atoms with Gasteiger partial charge in [0.1, 0.15) is 4.90 Å². The van der Waals surface area contributed by atoms with Gasteiger partial charge in [0.25, 0.3) is 5.91 Å². The zero-order valence-electron chi connectivity index (χ0n) is 19.3. The van der Waals surface area contributed by atoms with Crippen molar-refractivity contribution in [3.63, 3.8) is 0 Å². The third kappa shape index (κ3) is 4.72. The molecule has 1 aliphatic heterocycles. The molecule has 0 bridgehead atoms. The number of aryl methyl sites for hydroxylation is 2. The first-order valence-electron chi connectivity index (χ1n) is 10.6. The second kappa shape index (κ2) is 9.15. The summed E-state index contributed by atoms with van der Waals surface area (Å²) in [5.74, 6) is 0.0275. The van der Waals surface area contributed by atoms with E-state index in [0.717, 1.165) is 11.1 Å². The van der Waals surface area contributed by atoms with Crippen LogP contribution in [-0.2, 0) is 14.9 Å². The number of hydrazone groups is 1. The Morgan fingerprint density at radius 1 is 0.882 bits per heavy atom. The van der Waals surface area contributed by atoms with Gasteiger partial charge in [-0.2, -0.15) is 18.5 Å². The van der Waals surface area contributed by atoms with Crippen molar-refractivity contribution in [3.8, 4) is 11.5 Å². The van der Waals surface area contributed by atoms with Gasteiger partial charge in [0, 0.05) is 0 Å². The highest BCUT2D eigenvalue weighted by Gasteiger charge is 2.29. The van der Waals surface area contributed by atoms with Crippen LogP contribution in [0.2, 0.25) is 0 Å². The minimum Gasteiger partial charge on any atom is -0.493 e. The largest absolute Gasteiger partial charge is 0.493 e. The van der Waals surface area contributed by atoms with Crippen molar-refractivity contribution in [2.75, 3.05) is 12.1 Å². The number of carbonyl (C=O) groups is 1. The SMILES string of the molecule is COc1cc(/C=C2\C(=O)N(c3cccc(C)c3)N=C2C)ccc1OS(=O)(=O)c1ccc(C)cc1. The summed E-state index contributed by atoms with van der Waals surface area (Å²) < 4.78 is 36.0. The normalized spacial score (nSPS) is 14.9. The molecule has 1 amide bonds. The maximum absolute atomic E-state index is 13.0. The van der Waals surface area contributed by atoms with Crippen LogP contribution in [0.1, 0.15) is 23.6 Å². The second-order valence-electron chi connectivity index (χ2n) is 7.96. The monoisotopic (exact) mass is 476 g/mol. The molecule has 34 heavy (non-hydrogen) atoms. The first-order chi connectivity index (χ1) is 16.2. The minimum atomic E-state index is -4.03. The van der Waals surface area contributed by atoms with Crippen molar-refractivity contribution in [2.45, 2.75) is 25.7 Å². The highest BCUT2D eigenvalue weighted by Crippen LogP contribution is 2.32. The standard InChI is InChI=1S/C26H24N2O5S/c1-17-8-11-22(12-9-17)34(30,31)33-24-13-10-20(16-25(24)32-4)15-23-19(3)27-28(26(23)29)21-7-5-6-18(2)14-21/h5-16H,1-4H3/b23-15-. The van der Waals surface area contributed by atoms with Crippen LogP contribution >= 0.6 is 0 Å². The average molecular weight is 477 g/mol. The quantitative estimate of drug-likeness (QED) is 0.374. The first kappa shape index (κ1) is 23.3. The fourth-order valence-corrected chi connectivity index (χ4v) is 4.44. The topological polar surface area (TPSA) is 85.3 Å². The van der Waals surface area contributed by atoms with Crippen LogP contribution in [0.15, 0.2) is 82.3 Å². The van der Waals surface area contributed by atoms with Crippen LogP contribution in [0.25, 0.3) is 6.08 Å². The molecule has 0 radical (unpaired) electrons. The fourth-order valence-electron chi connectivity index (χ4n) is 3.50. The summed E-state index contributed by atoms with van der Waals surface area (Å²) in [5, 5.41) is 5.78. The maximum Gasteiger partial charge on any atom is 0.339 e. The number of hydrogen-bond donors (Lipinski definition) is 0. The number of hydrogen-bond acceptors (Lipinski definition) is 6. The Labute approximate surface area is 199 Å². The molecule has 0 saturated carbocycles. The summed E-state index contributed by atoms with van der Waals surface area (Å²) in [4.78, 5) is 13.1. The molecule has 0 aliphatic carbocycles. The van der Waals surface area contributed by atoms with E-state index in [1.807, 2.05) is 38.1 Å². The molecule has 0 atom stereocenters. The molecule has 0 aromatic heterocycles. The van der Waals surface area contributed by atoms with Gasteiger partial charge in [-0.05, 0) is 74.4 Å². The lowest BCUT2D eigenvalue weighted by atomic mass is 10.1. The van der Waals surface area contributed by atoms with Crippen LogP contribution in [0.3, 0.4) is 0 Å². The summed E-state index contributed by atoms with van der Waals surface area (Å²) in [7, 11) is -2.61. The molecule has 1 heterocycles. The molecule has 1 aliphatic rings. The van der Waals surface area contributed by atoms with Gasteiger partial charge >= 0.3 is 10.1 Å². The lowest BCUT2D eigenvalue weighted by molar-refractivity contribution is -0.114. The molecule has 7 nitrogen and oxygen atoms in total. The van der Waals surface area contributed by atoms with E-state index in [4.69, 9.17) is 8.92 Å². The van der Waals surface area contributed by atoms with Crippen molar-refractivity contribution in [2.24, 2.45) is 5.10 Å². The van der Waals surface area contributed by atoms with Crippen LogP contribution in [0, 0.1) is 13.8 Å². The molecular formula is C26H24N2O5S. The van der Waals surface area contributed by atoms with E-state index in [0.29, 0.717) is 22.5 Å². The third-order valence-corrected chi connectivity index (χ3v) is 6.57. The number of ether oxygens (including phenoxy) is 1. The predicted octanol–water partition coefficient (Wildman–Crippen LogP) is 4.89. The Balaban J connectivity index is 1.61. The van der Waals surface area contributed by atoms with Crippen LogP contribution < -0.4 is 13.9 Å². The van der Waals surface area contributed by atoms with Crippen molar-refractivity contribution in [1.29, 1.82) is 0 Å². The van der Waals surface area contributed by atoms with Gasteiger partial charge in [0.05, 0.1) is 24.1 Å². The van der Waals surface area contributed by atoms with E-state index < -0.39 is 10.1 Å². The Kier molecular flexibility index (Phi) is 6.26. The van der Waals surface area contributed by atoms with Crippen molar-refractivity contribution < 1.29 is 22.1 Å². The summed E-state index contributed by atoms with van der Waals surface area (Å²) in [5.41, 5.74) is 4.31. The summed E-state index contributed by atoms with van der Waals surface area (Å²) in [6, 6.07) is 18.7. The average Bonchev–Trinajstić information content (AvgIpc) is 3.08. The number of methoxy groups -OCH3 is 1. The molecule has 3 aromatic rings. The number of carbonyl (C=O) groups excluding carboxylic acids is 1. The van der Waals surface area contributed by atoms with Gasteiger partial charge in [0.15, 0.2) is 11.5 Å². The summed E-state index contributed by atoms with van der Waals surface area (Å²) in [6.45, 7) is 5.59. The van der Waals surface area contributed by atoms with E-state index in [9.17, 15) is 13.2 Å². The van der Waals surface area contributed by atoms with Crippen LogP contribution in [-0.4, -0.2) is 27.1 Å². The molecular weight excluding hydrogens is 452 g/mol. The lowest BCUT2D eigenvalue weighted by Crippen LogP contribution is -2.21. The highest BCUT2D eigenvalue weighted by atomic mass is 32.2. The van der Waals surface area contributed by atoms with E-state index in [1.165, 1.54) is 30.3 Å². The summed E-state index contributed by atoms with van der Waals surface area (Å²) in [6.07, 6.45) is 1.69. The number of benzene rings is 3. The van der Waals surface area contributed by atoms with Crippen molar-refractivity contribution in [3.05, 3.63) is 89.0 Å². The van der Waals surface area contributed by atoms with Gasteiger partial charge in [-0.3, -0.25) is 4.79 Å². The van der Waals surface area contributed by atoms with Gasteiger partial charge < -0.3 is 8.92 Å². The second-order valence-corrected chi connectivity index (χ2v) is 9.51. The zero-order valence-corrected chi connectivity index (χ0v) is 20.1. The first-order valence-corrected chi connectivity index (χ1v) is 12.0. The zero-order chi connectivity index (χ0) is 24.5. The highest BCUT2D eigenvalue weighted by molar-refractivity contribution is 7.87. The number of anilines is 1. The maximum atomic E-state index is 13.0. The Bertz CT molecular complexity index is 1420. The molecule has 174 valence electrons. The molecule has 0 N–H and O–H groups in total. The fraction of sp³-hybridized carbons (Fsp3) is 0.154. The Morgan fingerprint density at radius 2 is 1.62 bits per heavy atom. The number of nitrogens with zero attached hydrogens (tertiary/aromatic N) is 2. The van der Waals surface area contributed by atoms with E-state index in [1.54, 1.807) is 37.3 Å². The van der Waals surface area contributed by atoms with Gasteiger partial charge in [-0.15, -0.1) is 0 Å². The molecule has 0 saturated heterocycles. The molecule has 0 spiro atoms. The van der Waals surface area contributed by atoms with E-state index in [-0.39, 0.29) is 22.3 Å². The van der Waals surface area contributed by atoms with Crippen LogP contribution in [0.4, 0.5) is 5.69 Å². The molecule has 8 heteroatoms. The third-order valence-electron chi connectivity index (χ3n) is 5.32. The molecule has 0 unspecified atom stereocenters. The van der Waals surface area contributed by atoms with Crippen molar-refractivity contribution >= 4 is 33.5 Å². The van der Waals surface area contributed by atoms with E-state index in [2.05, 4.69) is 5.10 Å². The smallest absolute Gasteiger partial charge is 0.339 e. The molecule has 0 fully saturated rings. The van der Waals surface area contributed by atoms with Crippen LogP contribution in [0.5, 0.6) is 11.5 Å². The molecule has 4 rings (SSSR count). The Hall–Kier alpha value is -3.91. The van der Waals surface area contributed by atoms with E-state index >= 15 is 0 Å². The molecule has 3 aromatic carbocycles. The Morgan fingerprint density at radius 3 is 2.29 bits per heavy atom. The minimum absolute atomic E-state index is 0.0472. The lowest BCUT2D eigenvalue weighted by Gasteiger charge is -2.13.